The molecule has 0 aromatic carbocycles. The van der Waals surface area contributed by atoms with Gasteiger partial charge in [0.15, 0.2) is 0 Å². The van der Waals surface area contributed by atoms with Crippen molar-refractivity contribution in [3.8, 4) is 0 Å². The maximum absolute atomic E-state index is 10.5. The lowest BCUT2D eigenvalue weighted by molar-refractivity contribution is -0.139. The molecule has 0 radical (unpaired) electrons. The first-order valence-electron chi connectivity index (χ1n) is 5.02. The minimum Gasteiger partial charge on any atom is -0.462 e. The van der Waals surface area contributed by atoms with Crippen LogP contribution < -0.4 is 0 Å². The zero-order chi connectivity index (χ0) is 11.8. The largest absolute Gasteiger partial charge is 0.462 e. The van der Waals surface area contributed by atoms with Crippen molar-refractivity contribution in [1.82, 2.24) is 0 Å². The van der Waals surface area contributed by atoms with Gasteiger partial charge in [0.1, 0.15) is 6.61 Å². The van der Waals surface area contributed by atoms with Gasteiger partial charge in [0.25, 0.3) is 0 Å². The fourth-order valence-electron chi connectivity index (χ4n) is 1.00. The number of hydrogen-bond donors (Lipinski definition) is 0. The van der Waals surface area contributed by atoms with E-state index in [1.54, 1.807) is 0 Å². The summed E-state index contributed by atoms with van der Waals surface area (Å²) in [5.74, 6) is -0.254. The summed E-state index contributed by atoms with van der Waals surface area (Å²) in [6.45, 7) is 9.48. The Morgan fingerprint density at radius 2 is 2.07 bits per heavy atom. The number of esters is 1. The van der Waals surface area contributed by atoms with Crippen molar-refractivity contribution in [3.63, 3.8) is 0 Å². The van der Waals surface area contributed by atoms with Crippen molar-refractivity contribution >= 4 is 17.6 Å². The summed E-state index contributed by atoms with van der Waals surface area (Å²) in [5, 5.41) is 0.0297. The first-order chi connectivity index (χ1) is 6.93. The number of alkyl halides is 1. The number of carbonyl (C=O) groups excluding carboxylic acids is 1. The van der Waals surface area contributed by atoms with Gasteiger partial charge in [-0.1, -0.05) is 17.7 Å². The standard InChI is InChI=1S/C12H19ClO2/c1-9(2)12(13)6-5-10(3)7-8-15-11(4)14/h7,12H,1,5-6,8H2,2-4H3. The van der Waals surface area contributed by atoms with E-state index in [0.29, 0.717) is 6.61 Å². The van der Waals surface area contributed by atoms with Crippen molar-refractivity contribution in [3.05, 3.63) is 23.8 Å². The average Bonchev–Trinajstić information content (AvgIpc) is 2.13. The Morgan fingerprint density at radius 1 is 1.47 bits per heavy atom. The molecule has 0 N–H and O–H groups in total. The molecule has 0 heterocycles. The second kappa shape index (κ2) is 7.52. The first-order valence-corrected chi connectivity index (χ1v) is 5.45. The minimum absolute atomic E-state index is 0.0297. The molecule has 0 aliphatic carbocycles. The molecular formula is C12H19ClO2. The third kappa shape index (κ3) is 8.25. The van der Waals surface area contributed by atoms with E-state index in [4.69, 9.17) is 16.3 Å². The maximum Gasteiger partial charge on any atom is 0.302 e. The highest BCUT2D eigenvalue weighted by molar-refractivity contribution is 6.22. The molecule has 0 saturated heterocycles. The zero-order valence-corrected chi connectivity index (χ0v) is 10.4. The predicted octanol–water partition coefficient (Wildman–Crippen LogP) is 3.46. The van der Waals surface area contributed by atoms with E-state index in [9.17, 15) is 4.79 Å². The number of ether oxygens (including phenoxy) is 1. The average molecular weight is 231 g/mol. The third-order valence-electron chi connectivity index (χ3n) is 2.05. The van der Waals surface area contributed by atoms with Gasteiger partial charge in [-0.05, 0) is 32.8 Å². The third-order valence-corrected chi connectivity index (χ3v) is 2.64. The number of carbonyl (C=O) groups is 1. The smallest absolute Gasteiger partial charge is 0.302 e. The van der Waals surface area contributed by atoms with E-state index in [1.807, 2.05) is 19.9 Å². The molecule has 0 aliphatic heterocycles. The Kier molecular flexibility index (Phi) is 7.14. The van der Waals surface area contributed by atoms with Crippen LogP contribution in [0.5, 0.6) is 0 Å². The van der Waals surface area contributed by atoms with Gasteiger partial charge in [-0.15, -0.1) is 11.6 Å². The van der Waals surface area contributed by atoms with Crippen LogP contribution in [0, 0.1) is 0 Å². The summed E-state index contributed by atoms with van der Waals surface area (Å²) in [5.41, 5.74) is 2.17. The van der Waals surface area contributed by atoms with Crippen molar-refractivity contribution < 1.29 is 9.53 Å². The lowest BCUT2D eigenvalue weighted by Crippen LogP contribution is -2.01. The highest BCUT2D eigenvalue weighted by Gasteiger charge is 2.04. The van der Waals surface area contributed by atoms with Gasteiger partial charge in [0.2, 0.25) is 0 Å². The highest BCUT2D eigenvalue weighted by Crippen LogP contribution is 2.16. The molecule has 0 bridgehead atoms. The van der Waals surface area contributed by atoms with E-state index in [1.165, 1.54) is 12.5 Å². The lowest BCUT2D eigenvalue weighted by atomic mass is 10.1. The van der Waals surface area contributed by atoms with Crippen molar-refractivity contribution in [2.24, 2.45) is 0 Å². The molecule has 15 heavy (non-hydrogen) atoms. The van der Waals surface area contributed by atoms with Gasteiger partial charge in [0.05, 0.1) is 5.38 Å². The van der Waals surface area contributed by atoms with Crippen LogP contribution in [0.4, 0.5) is 0 Å². The number of hydrogen-bond acceptors (Lipinski definition) is 2. The van der Waals surface area contributed by atoms with E-state index < -0.39 is 0 Å². The Bertz CT molecular complexity index is 256. The van der Waals surface area contributed by atoms with Gasteiger partial charge in [-0.3, -0.25) is 4.79 Å². The van der Waals surface area contributed by atoms with Gasteiger partial charge in [0, 0.05) is 6.92 Å². The van der Waals surface area contributed by atoms with Gasteiger partial charge in [-0.25, -0.2) is 0 Å². The van der Waals surface area contributed by atoms with Gasteiger partial charge < -0.3 is 4.74 Å². The monoisotopic (exact) mass is 230 g/mol. The Morgan fingerprint density at radius 3 is 2.53 bits per heavy atom. The molecule has 3 heteroatoms. The number of rotatable bonds is 6. The lowest BCUT2D eigenvalue weighted by Gasteiger charge is -2.08. The molecular weight excluding hydrogens is 212 g/mol. The predicted molar refractivity (Wildman–Crippen MR) is 64.1 cm³/mol. The molecule has 0 aliphatic rings. The van der Waals surface area contributed by atoms with Crippen molar-refractivity contribution in [1.29, 1.82) is 0 Å². The van der Waals surface area contributed by atoms with Gasteiger partial charge in [-0.2, -0.15) is 0 Å². The van der Waals surface area contributed by atoms with E-state index >= 15 is 0 Å². The van der Waals surface area contributed by atoms with Crippen LogP contribution in [0.15, 0.2) is 23.8 Å². The van der Waals surface area contributed by atoms with Crippen LogP contribution in [0.25, 0.3) is 0 Å². The Labute approximate surface area is 97.0 Å². The molecule has 0 spiro atoms. The molecule has 0 fully saturated rings. The molecule has 0 aromatic rings. The van der Waals surface area contributed by atoms with E-state index in [-0.39, 0.29) is 11.3 Å². The van der Waals surface area contributed by atoms with Crippen molar-refractivity contribution in [2.45, 2.75) is 39.0 Å². The topological polar surface area (TPSA) is 26.3 Å². The van der Waals surface area contributed by atoms with E-state index in [0.717, 1.165) is 18.4 Å². The summed E-state index contributed by atoms with van der Waals surface area (Å²) < 4.78 is 4.80. The molecule has 0 aromatic heterocycles. The second-order valence-corrected chi connectivity index (χ2v) is 4.23. The normalized spacial score (nSPS) is 13.5. The van der Waals surface area contributed by atoms with Crippen LogP contribution in [0.1, 0.15) is 33.6 Å². The molecule has 1 unspecified atom stereocenters. The second-order valence-electron chi connectivity index (χ2n) is 3.71. The number of halogens is 1. The van der Waals surface area contributed by atoms with Crippen molar-refractivity contribution in [2.75, 3.05) is 6.61 Å². The van der Waals surface area contributed by atoms with Gasteiger partial charge >= 0.3 is 5.97 Å². The molecule has 1 atom stereocenters. The van der Waals surface area contributed by atoms with Crippen LogP contribution in [0.2, 0.25) is 0 Å². The summed E-state index contributed by atoms with van der Waals surface area (Å²) in [6, 6.07) is 0. The molecule has 86 valence electrons. The minimum atomic E-state index is -0.254. The molecule has 0 amide bonds. The molecule has 2 nitrogen and oxygen atoms in total. The quantitative estimate of drug-likeness (QED) is 0.397. The Balaban J connectivity index is 3.77. The number of allylic oxidation sites excluding steroid dienone is 2. The summed E-state index contributed by atoms with van der Waals surface area (Å²) in [6.07, 6.45) is 3.69. The first kappa shape index (κ1) is 14.2. The Hall–Kier alpha value is -0.760. The van der Waals surface area contributed by atoms with Crippen LogP contribution >= 0.6 is 11.6 Å². The fourth-order valence-corrected chi connectivity index (χ4v) is 1.11. The zero-order valence-electron chi connectivity index (χ0n) is 9.68. The molecule has 0 rings (SSSR count). The summed E-state index contributed by atoms with van der Waals surface area (Å²) in [7, 11) is 0. The van der Waals surface area contributed by atoms with E-state index in [2.05, 4.69) is 6.58 Å². The van der Waals surface area contributed by atoms with Crippen LogP contribution in [-0.4, -0.2) is 18.0 Å². The summed E-state index contributed by atoms with van der Waals surface area (Å²) in [4.78, 5) is 10.5. The van der Waals surface area contributed by atoms with Crippen LogP contribution in [-0.2, 0) is 9.53 Å². The fraction of sp³-hybridized carbons (Fsp3) is 0.583. The molecule has 0 saturated carbocycles. The SMILES string of the molecule is C=C(C)C(Cl)CCC(C)=CCOC(C)=O. The van der Waals surface area contributed by atoms with Crippen LogP contribution in [0.3, 0.4) is 0 Å². The highest BCUT2D eigenvalue weighted by atomic mass is 35.5. The summed E-state index contributed by atoms with van der Waals surface area (Å²) >= 11 is 6.03. The maximum atomic E-state index is 10.5.